The molecule has 1 saturated carbocycles. The maximum atomic E-state index is 10.9. The van der Waals surface area contributed by atoms with Crippen LogP contribution >= 0.6 is 0 Å². The molecule has 1 aliphatic rings. The predicted octanol–water partition coefficient (Wildman–Crippen LogP) is 3.23. The van der Waals surface area contributed by atoms with E-state index >= 15 is 0 Å². The second-order valence-corrected chi connectivity index (χ2v) is 5.58. The monoisotopic (exact) mass is 234 g/mol. The molecule has 2 unspecified atom stereocenters. The van der Waals surface area contributed by atoms with Crippen molar-refractivity contribution in [2.75, 3.05) is 0 Å². The zero-order chi connectivity index (χ0) is 12.1. The molecule has 0 amide bonds. The quantitative estimate of drug-likeness (QED) is 0.798. The van der Waals surface area contributed by atoms with Gasteiger partial charge >= 0.3 is 0 Å². The molecule has 0 radical (unpaired) electrons. The van der Waals surface area contributed by atoms with Crippen LogP contribution in [0.2, 0.25) is 0 Å². The van der Waals surface area contributed by atoms with E-state index in [1.165, 1.54) is 24.8 Å². The summed E-state index contributed by atoms with van der Waals surface area (Å²) < 4.78 is 0. The van der Waals surface area contributed by atoms with E-state index in [1.807, 2.05) is 12.4 Å². The first-order valence-corrected chi connectivity index (χ1v) is 6.69. The molecule has 1 N–H and O–H groups in total. The lowest BCUT2D eigenvalue weighted by molar-refractivity contribution is -0.111. The molecule has 0 bridgehead atoms. The minimum absolute atomic E-state index is 0.241. The third kappa shape index (κ3) is 2.96. The Kier molecular flexibility index (Phi) is 3.97. The van der Waals surface area contributed by atoms with Gasteiger partial charge in [-0.3, -0.25) is 5.10 Å². The van der Waals surface area contributed by atoms with Crippen molar-refractivity contribution in [1.82, 2.24) is 10.2 Å². The molecule has 1 aliphatic carbocycles. The first-order chi connectivity index (χ1) is 8.24. The molecule has 17 heavy (non-hydrogen) atoms. The van der Waals surface area contributed by atoms with Gasteiger partial charge in [0, 0.05) is 12.1 Å². The van der Waals surface area contributed by atoms with Gasteiger partial charge in [-0.15, -0.1) is 0 Å². The fourth-order valence-corrected chi connectivity index (χ4v) is 2.95. The number of aromatic nitrogens is 2. The normalized spacial score (nSPS) is 31.2. The second-order valence-electron chi connectivity index (χ2n) is 5.58. The molecule has 0 spiro atoms. The largest absolute Gasteiger partial charge is 0.303 e. The molecule has 2 atom stereocenters. The van der Waals surface area contributed by atoms with Crippen LogP contribution < -0.4 is 0 Å². The van der Waals surface area contributed by atoms with Crippen molar-refractivity contribution in [2.24, 2.45) is 5.92 Å². The van der Waals surface area contributed by atoms with Crippen molar-refractivity contribution in [3.05, 3.63) is 18.0 Å². The number of hydrogen-bond donors (Lipinski definition) is 1. The molecule has 0 aliphatic heterocycles. The summed E-state index contributed by atoms with van der Waals surface area (Å²) in [6.07, 6.45) is 13.2. The Hall–Kier alpha value is -1.12. The number of hydrogen-bond acceptors (Lipinski definition) is 2. The summed E-state index contributed by atoms with van der Waals surface area (Å²) in [5.41, 5.74) is 1.56. The number of aldehydes is 1. The predicted molar refractivity (Wildman–Crippen MR) is 67.8 cm³/mol. The molecule has 1 aromatic heterocycles. The van der Waals surface area contributed by atoms with Crippen molar-refractivity contribution in [1.29, 1.82) is 0 Å². The molecule has 3 nitrogen and oxygen atoms in total. The Morgan fingerprint density at radius 2 is 2.12 bits per heavy atom. The highest BCUT2D eigenvalue weighted by Gasteiger charge is 2.28. The summed E-state index contributed by atoms with van der Waals surface area (Å²) in [5.74, 6) is 0.293. The van der Waals surface area contributed by atoms with Crippen molar-refractivity contribution < 1.29 is 4.79 Å². The van der Waals surface area contributed by atoms with Gasteiger partial charge in [-0.2, -0.15) is 5.10 Å². The van der Waals surface area contributed by atoms with Crippen molar-refractivity contribution in [3.8, 4) is 0 Å². The highest BCUT2D eigenvalue weighted by Crippen LogP contribution is 2.36. The first kappa shape index (κ1) is 12.3. The van der Waals surface area contributed by atoms with Gasteiger partial charge in [0.05, 0.1) is 6.20 Å². The fraction of sp³-hybridized carbons (Fsp3) is 0.714. The van der Waals surface area contributed by atoms with Crippen LogP contribution in [0.25, 0.3) is 0 Å². The zero-order valence-electron chi connectivity index (χ0n) is 10.6. The van der Waals surface area contributed by atoms with Gasteiger partial charge in [0.2, 0.25) is 0 Å². The number of H-pyrrole nitrogens is 1. The van der Waals surface area contributed by atoms with Crippen LogP contribution in [-0.4, -0.2) is 16.5 Å². The van der Waals surface area contributed by atoms with E-state index in [1.54, 1.807) is 0 Å². The van der Waals surface area contributed by atoms with Crippen LogP contribution in [0.15, 0.2) is 12.4 Å². The minimum atomic E-state index is 0.241. The van der Waals surface area contributed by atoms with E-state index in [0.29, 0.717) is 5.92 Å². The lowest BCUT2D eigenvalue weighted by Gasteiger charge is -2.28. The Morgan fingerprint density at radius 1 is 1.35 bits per heavy atom. The molecule has 3 heteroatoms. The molecular formula is C14H22N2O. The standard InChI is InChI=1S/C14H22N2O/c1-14(13-9-15-16-10-13)7-3-2-5-12(11-17)6-4-8-14/h9-12H,2-8H2,1H3,(H,15,16). The van der Waals surface area contributed by atoms with Crippen LogP contribution in [-0.2, 0) is 10.2 Å². The molecule has 0 aromatic carbocycles. The number of rotatable bonds is 2. The molecule has 1 heterocycles. The number of carbonyl (C=O) groups is 1. The van der Waals surface area contributed by atoms with Gasteiger partial charge in [0.1, 0.15) is 6.29 Å². The molecule has 1 aromatic rings. The van der Waals surface area contributed by atoms with Crippen LogP contribution in [0, 0.1) is 5.92 Å². The summed E-state index contributed by atoms with van der Waals surface area (Å²) >= 11 is 0. The highest BCUT2D eigenvalue weighted by molar-refractivity contribution is 5.53. The van der Waals surface area contributed by atoms with E-state index < -0.39 is 0 Å². The maximum Gasteiger partial charge on any atom is 0.123 e. The Bertz CT molecular complexity index is 347. The SMILES string of the molecule is CC1(c2cn[nH]c2)CCCCC(C=O)CCC1. The van der Waals surface area contributed by atoms with E-state index in [-0.39, 0.29) is 5.41 Å². The minimum Gasteiger partial charge on any atom is -0.303 e. The van der Waals surface area contributed by atoms with E-state index in [0.717, 1.165) is 32.0 Å². The van der Waals surface area contributed by atoms with Crippen LogP contribution in [0.4, 0.5) is 0 Å². The summed E-state index contributed by atoms with van der Waals surface area (Å²) in [6.45, 7) is 2.33. The third-order valence-electron chi connectivity index (χ3n) is 4.24. The van der Waals surface area contributed by atoms with Gasteiger partial charge in [-0.05, 0) is 36.7 Å². The van der Waals surface area contributed by atoms with Crippen molar-refractivity contribution in [2.45, 2.75) is 57.3 Å². The lowest BCUT2D eigenvalue weighted by Crippen LogP contribution is -2.21. The van der Waals surface area contributed by atoms with Crippen LogP contribution in [0.1, 0.15) is 57.4 Å². The molecule has 0 saturated heterocycles. The highest BCUT2D eigenvalue weighted by atomic mass is 16.1. The van der Waals surface area contributed by atoms with Gasteiger partial charge < -0.3 is 4.79 Å². The lowest BCUT2D eigenvalue weighted by atomic mass is 9.76. The van der Waals surface area contributed by atoms with E-state index in [4.69, 9.17) is 0 Å². The number of aromatic amines is 1. The molecule has 2 rings (SSSR count). The summed E-state index contributed by atoms with van der Waals surface area (Å²) in [6, 6.07) is 0. The van der Waals surface area contributed by atoms with Crippen LogP contribution in [0.3, 0.4) is 0 Å². The molecule has 94 valence electrons. The average molecular weight is 234 g/mol. The van der Waals surface area contributed by atoms with E-state index in [2.05, 4.69) is 17.1 Å². The summed E-state index contributed by atoms with van der Waals surface area (Å²) in [7, 11) is 0. The third-order valence-corrected chi connectivity index (χ3v) is 4.24. The van der Waals surface area contributed by atoms with Crippen molar-refractivity contribution in [3.63, 3.8) is 0 Å². The average Bonchev–Trinajstić information content (AvgIpc) is 2.86. The number of nitrogens with one attached hydrogen (secondary N) is 1. The number of nitrogens with zero attached hydrogens (tertiary/aromatic N) is 1. The first-order valence-electron chi connectivity index (χ1n) is 6.69. The molecular weight excluding hydrogens is 212 g/mol. The number of carbonyl (C=O) groups excluding carboxylic acids is 1. The van der Waals surface area contributed by atoms with Crippen LogP contribution in [0.5, 0.6) is 0 Å². The Labute approximate surface area is 103 Å². The Morgan fingerprint density at radius 3 is 2.82 bits per heavy atom. The summed E-state index contributed by atoms with van der Waals surface area (Å²) in [4.78, 5) is 10.9. The van der Waals surface area contributed by atoms with Gasteiger partial charge in [0.25, 0.3) is 0 Å². The fourth-order valence-electron chi connectivity index (χ4n) is 2.95. The second kappa shape index (κ2) is 5.48. The topological polar surface area (TPSA) is 45.8 Å². The van der Waals surface area contributed by atoms with E-state index in [9.17, 15) is 4.79 Å². The Balaban J connectivity index is 2.06. The maximum absolute atomic E-state index is 10.9. The van der Waals surface area contributed by atoms with Gasteiger partial charge in [0.15, 0.2) is 0 Å². The van der Waals surface area contributed by atoms with Crippen molar-refractivity contribution >= 4 is 6.29 Å². The summed E-state index contributed by atoms with van der Waals surface area (Å²) in [5, 5.41) is 6.99. The van der Waals surface area contributed by atoms with Gasteiger partial charge in [-0.1, -0.05) is 26.2 Å². The molecule has 1 fully saturated rings. The van der Waals surface area contributed by atoms with Gasteiger partial charge in [-0.25, -0.2) is 0 Å². The smallest absolute Gasteiger partial charge is 0.123 e. The zero-order valence-corrected chi connectivity index (χ0v) is 10.6.